The van der Waals surface area contributed by atoms with Crippen molar-refractivity contribution in [1.29, 1.82) is 0 Å². The number of halogens is 3. The van der Waals surface area contributed by atoms with Crippen molar-refractivity contribution >= 4 is 11.0 Å². The third kappa shape index (κ3) is 3.63. The van der Waals surface area contributed by atoms with E-state index in [1.807, 2.05) is 13.8 Å². The van der Waals surface area contributed by atoms with Crippen LogP contribution in [0.15, 0.2) is 51.7 Å². The molecule has 0 saturated heterocycles. The molecule has 27 heavy (non-hydrogen) atoms. The second-order valence-electron chi connectivity index (χ2n) is 6.24. The first-order valence-corrected chi connectivity index (χ1v) is 8.21. The maximum Gasteiger partial charge on any atom is 0.453 e. The van der Waals surface area contributed by atoms with Crippen molar-refractivity contribution in [3.63, 3.8) is 0 Å². The summed E-state index contributed by atoms with van der Waals surface area (Å²) in [5, 5.41) is -0.0270. The van der Waals surface area contributed by atoms with Gasteiger partial charge in [-0.1, -0.05) is 32.0 Å². The highest BCUT2D eigenvalue weighted by atomic mass is 19.4. The van der Waals surface area contributed by atoms with Gasteiger partial charge in [-0.25, -0.2) is 0 Å². The van der Waals surface area contributed by atoms with Crippen LogP contribution in [0.3, 0.4) is 0 Å². The fourth-order valence-electron chi connectivity index (χ4n) is 2.72. The monoisotopic (exact) mass is 378 g/mol. The Kier molecular flexibility index (Phi) is 4.87. The molecular formula is C20H17F3O4. The Balaban J connectivity index is 2.26. The average Bonchev–Trinajstić information content (AvgIpc) is 2.62. The topological polar surface area (TPSA) is 48.7 Å². The van der Waals surface area contributed by atoms with Gasteiger partial charge in [-0.3, -0.25) is 4.79 Å². The second kappa shape index (κ2) is 6.98. The largest absolute Gasteiger partial charge is 0.497 e. The number of fused-ring (bicyclic) bond motifs is 1. The summed E-state index contributed by atoms with van der Waals surface area (Å²) in [5.74, 6) is -1.91. The van der Waals surface area contributed by atoms with Crippen molar-refractivity contribution in [3.05, 3.63) is 64.0 Å². The zero-order chi connectivity index (χ0) is 19.8. The van der Waals surface area contributed by atoms with Crippen molar-refractivity contribution in [2.45, 2.75) is 25.9 Å². The van der Waals surface area contributed by atoms with E-state index in [1.54, 1.807) is 18.2 Å². The molecule has 0 aliphatic rings. The van der Waals surface area contributed by atoms with Gasteiger partial charge >= 0.3 is 6.18 Å². The quantitative estimate of drug-likeness (QED) is 0.581. The Labute approximate surface area is 153 Å². The van der Waals surface area contributed by atoms with Crippen LogP contribution in [0.4, 0.5) is 13.2 Å². The van der Waals surface area contributed by atoms with Crippen molar-refractivity contribution in [2.24, 2.45) is 0 Å². The van der Waals surface area contributed by atoms with Crippen LogP contribution in [-0.4, -0.2) is 7.11 Å². The third-order valence-corrected chi connectivity index (χ3v) is 4.07. The SMILES string of the molecule is COc1ccc2c(=O)c(Oc3ccccc3C(C)C)c(C(F)(F)F)oc2c1. The minimum absolute atomic E-state index is 0.00713. The molecule has 1 aromatic heterocycles. The molecule has 0 radical (unpaired) electrons. The lowest BCUT2D eigenvalue weighted by Crippen LogP contribution is -2.16. The number of rotatable bonds is 4. The van der Waals surface area contributed by atoms with Gasteiger partial charge in [-0.2, -0.15) is 13.2 Å². The Morgan fingerprint density at radius 3 is 2.41 bits per heavy atom. The number of para-hydroxylation sites is 1. The van der Waals surface area contributed by atoms with Gasteiger partial charge in [0.1, 0.15) is 17.1 Å². The molecule has 7 heteroatoms. The first kappa shape index (κ1) is 18.8. The molecule has 0 saturated carbocycles. The summed E-state index contributed by atoms with van der Waals surface area (Å²) in [6.07, 6.45) is -4.90. The first-order valence-electron chi connectivity index (χ1n) is 8.21. The Hall–Kier alpha value is -2.96. The van der Waals surface area contributed by atoms with E-state index in [4.69, 9.17) is 13.9 Å². The van der Waals surface area contributed by atoms with Gasteiger partial charge in [0.05, 0.1) is 12.5 Å². The van der Waals surface area contributed by atoms with Gasteiger partial charge < -0.3 is 13.9 Å². The number of benzene rings is 2. The number of alkyl halides is 3. The molecule has 0 bridgehead atoms. The molecule has 2 aromatic carbocycles. The van der Waals surface area contributed by atoms with E-state index in [1.165, 1.54) is 31.4 Å². The maximum absolute atomic E-state index is 13.6. The van der Waals surface area contributed by atoms with E-state index in [0.717, 1.165) is 0 Å². The highest BCUT2D eigenvalue weighted by molar-refractivity contribution is 5.79. The minimum Gasteiger partial charge on any atom is -0.497 e. The predicted octanol–water partition coefficient (Wildman–Crippen LogP) is 5.74. The molecule has 0 unspecified atom stereocenters. The summed E-state index contributed by atoms with van der Waals surface area (Å²) in [6.45, 7) is 3.75. The minimum atomic E-state index is -4.90. The highest BCUT2D eigenvalue weighted by Gasteiger charge is 2.40. The van der Waals surface area contributed by atoms with E-state index >= 15 is 0 Å². The van der Waals surface area contributed by atoms with Crippen LogP contribution in [-0.2, 0) is 6.18 Å². The summed E-state index contributed by atoms with van der Waals surface area (Å²) in [4.78, 5) is 12.8. The molecule has 142 valence electrons. The van der Waals surface area contributed by atoms with Crippen LogP contribution >= 0.6 is 0 Å². The summed E-state index contributed by atoms with van der Waals surface area (Å²) in [7, 11) is 1.37. The van der Waals surface area contributed by atoms with E-state index in [0.29, 0.717) is 5.56 Å². The molecule has 0 amide bonds. The molecule has 3 aromatic rings. The van der Waals surface area contributed by atoms with Crippen molar-refractivity contribution in [2.75, 3.05) is 7.11 Å². The van der Waals surface area contributed by atoms with Crippen molar-refractivity contribution in [3.8, 4) is 17.2 Å². The van der Waals surface area contributed by atoms with Crippen LogP contribution in [0.5, 0.6) is 17.2 Å². The fraction of sp³-hybridized carbons (Fsp3) is 0.250. The van der Waals surface area contributed by atoms with Crippen molar-refractivity contribution < 1.29 is 27.1 Å². The lowest BCUT2D eigenvalue weighted by molar-refractivity contribution is -0.154. The predicted molar refractivity (Wildman–Crippen MR) is 94.6 cm³/mol. The van der Waals surface area contributed by atoms with Gasteiger partial charge in [0, 0.05) is 6.07 Å². The molecule has 0 atom stereocenters. The molecule has 0 N–H and O–H groups in total. The maximum atomic E-state index is 13.6. The van der Waals surface area contributed by atoms with Crippen LogP contribution in [0.2, 0.25) is 0 Å². The smallest absolute Gasteiger partial charge is 0.453 e. The average molecular weight is 378 g/mol. The zero-order valence-corrected chi connectivity index (χ0v) is 14.9. The van der Waals surface area contributed by atoms with Crippen molar-refractivity contribution in [1.82, 2.24) is 0 Å². The molecule has 3 rings (SSSR count). The summed E-state index contributed by atoms with van der Waals surface area (Å²) in [6, 6.07) is 10.7. The number of methoxy groups -OCH3 is 1. The Bertz CT molecular complexity index is 1040. The van der Waals surface area contributed by atoms with E-state index in [-0.39, 0.29) is 28.4 Å². The fourth-order valence-corrected chi connectivity index (χ4v) is 2.72. The van der Waals surface area contributed by atoms with Gasteiger partial charge in [0.15, 0.2) is 0 Å². The summed E-state index contributed by atoms with van der Waals surface area (Å²) in [5.41, 5.74) is -0.444. The van der Waals surface area contributed by atoms with Gasteiger partial charge in [-0.05, 0) is 29.7 Å². The molecule has 0 fully saturated rings. The van der Waals surface area contributed by atoms with Crippen LogP contribution in [0, 0.1) is 0 Å². The van der Waals surface area contributed by atoms with Crippen LogP contribution in [0.1, 0.15) is 31.1 Å². The lowest BCUT2D eigenvalue weighted by Gasteiger charge is -2.16. The Morgan fingerprint density at radius 1 is 1.07 bits per heavy atom. The van der Waals surface area contributed by atoms with E-state index in [9.17, 15) is 18.0 Å². The van der Waals surface area contributed by atoms with Crippen LogP contribution < -0.4 is 14.9 Å². The first-order chi connectivity index (χ1) is 12.7. The van der Waals surface area contributed by atoms with Gasteiger partial charge in [-0.15, -0.1) is 0 Å². The standard InChI is InChI=1S/C20H17F3O4/c1-11(2)13-6-4-5-7-15(13)26-18-17(24)14-9-8-12(25-3)10-16(14)27-19(18)20(21,22)23/h4-11H,1-3H3. The number of hydrogen-bond donors (Lipinski definition) is 0. The molecule has 4 nitrogen and oxygen atoms in total. The third-order valence-electron chi connectivity index (χ3n) is 4.07. The summed E-state index contributed by atoms with van der Waals surface area (Å²) < 4.78 is 56.1. The molecular weight excluding hydrogens is 361 g/mol. The normalized spacial score (nSPS) is 11.8. The summed E-state index contributed by atoms with van der Waals surface area (Å²) >= 11 is 0. The molecule has 0 spiro atoms. The highest BCUT2D eigenvalue weighted by Crippen LogP contribution is 2.39. The molecule has 0 aliphatic carbocycles. The lowest BCUT2D eigenvalue weighted by atomic mass is 10.0. The van der Waals surface area contributed by atoms with Crippen LogP contribution in [0.25, 0.3) is 11.0 Å². The number of hydrogen-bond acceptors (Lipinski definition) is 4. The molecule has 1 heterocycles. The zero-order valence-electron chi connectivity index (χ0n) is 14.9. The Morgan fingerprint density at radius 2 is 1.78 bits per heavy atom. The second-order valence-corrected chi connectivity index (χ2v) is 6.24. The van der Waals surface area contributed by atoms with E-state index in [2.05, 4.69) is 0 Å². The van der Waals surface area contributed by atoms with Gasteiger partial charge in [0.2, 0.25) is 11.2 Å². The molecule has 0 aliphatic heterocycles. The van der Waals surface area contributed by atoms with E-state index < -0.39 is 23.1 Å². The number of ether oxygens (including phenoxy) is 2. The van der Waals surface area contributed by atoms with Gasteiger partial charge in [0.25, 0.3) is 5.76 Å².